The van der Waals surface area contributed by atoms with Crippen LogP contribution in [0.4, 0.5) is 0 Å². The van der Waals surface area contributed by atoms with Gasteiger partial charge < -0.3 is 0 Å². The average Bonchev–Trinajstić information content (AvgIpc) is 2.68. The third kappa shape index (κ3) is 3.80. The van der Waals surface area contributed by atoms with E-state index in [9.17, 15) is 13.2 Å². The minimum Gasteiger partial charge on any atom is -0.287 e. The number of benzene rings is 2. The summed E-state index contributed by atoms with van der Waals surface area (Å²) in [5.41, 5.74) is 2.61. The van der Waals surface area contributed by atoms with E-state index in [1.807, 2.05) is 6.07 Å². The van der Waals surface area contributed by atoms with Crippen molar-refractivity contribution in [3.05, 3.63) is 77.7 Å². The van der Waals surface area contributed by atoms with Crippen LogP contribution in [-0.4, -0.2) is 29.4 Å². The summed E-state index contributed by atoms with van der Waals surface area (Å²) in [6.45, 7) is 5.04. The van der Waals surface area contributed by atoms with Crippen LogP contribution in [0.25, 0.3) is 11.3 Å². The van der Waals surface area contributed by atoms with Gasteiger partial charge in [-0.15, -0.1) is 0 Å². The van der Waals surface area contributed by atoms with Gasteiger partial charge in [-0.05, 0) is 32.9 Å². The predicted octanol–water partition coefficient (Wildman–Crippen LogP) is 3.87. The highest BCUT2D eigenvalue weighted by Crippen LogP contribution is 2.23. The molecule has 0 aliphatic carbocycles. The van der Waals surface area contributed by atoms with Crippen LogP contribution in [0.3, 0.4) is 0 Å². The van der Waals surface area contributed by atoms with E-state index in [2.05, 4.69) is 9.97 Å². The molecule has 0 spiro atoms. The molecule has 1 heterocycles. The lowest BCUT2D eigenvalue weighted by Crippen LogP contribution is -2.13. The molecular weight excluding hydrogens is 360 g/mol. The highest BCUT2D eigenvalue weighted by atomic mass is 32.2. The van der Waals surface area contributed by atoms with E-state index in [-0.39, 0.29) is 16.4 Å². The number of hydrogen-bond acceptors (Lipinski definition) is 5. The molecule has 0 atom stereocenters. The molecule has 0 saturated heterocycles. The quantitative estimate of drug-likeness (QED) is 0.628. The molecule has 0 fully saturated rings. The maximum Gasteiger partial charge on any atom is 0.213 e. The molecule has 138 valence electrons. The molecular formula is C21H20N2O3S. The second-order valence-corrected chi connectivity index (χ2v) is 9.01. The topological polar surface area (TPSA) is 77.0 Å². The number of ketones is 1. The molecule has 3 aromatic rings. The fourth-order valence-corrected chi connectivity index (χ4v) is 3.68. The summed E-state index contributed by atoms with van der Waals surface area (Å²) >= 11 is 0. The Balaban J connectivity index is 1.98. The van der Waals surface area contributed by atoms with Crippen LogP contribution in [0.2, 0.25) is 0 Å². The molecule has 0 bridgehead atoms. The van der Waals surface area contributed by atoms with Gasteiger partial charge in [-0.1, -0.05) is 42.5 Å². The van der Waals surface area contributed by atoms with Crippen molar-refractivity contribution in [2.75, 3.05) is 0 Å². The standard InChI is InChI=1S/C21H20N2O3S/c1-14(2)27(25,26)18-11-9-16(10-12-18)19-13-22-15(3)20(23-19)21(24)17-7-5-4-6-8-17/h4-14H,1-3H3. The number of sulfone groups is 1. The molecule has 0 amide bonds. The fourth-order valence-electron chi connectivity index (χ4n) is 2.62. The Labute approximate surface area is 159 Å². The van der Waals surface area contributed by atoms with Crippen molar-refractivity contribution in [1.82, 2.24) is 9.97 Å². The van der Waals surface area contributed by atoms with Gasteiger partial charge in [-0.25, -0.2) is 13.4 Å². The Hall–Kier alpha value is -2.86. The van der Waals surface area contributed by atoms with Gasteiger partial charge in [-0.2, -0.15) is 0 Å². The number of aryl methyl sites for hydroxylation is 1. The third-order valence-electron chi connectivity index (χ3n) is 4.31. The number of nitrogens with zero attached hydrogens (tertiary/aromatic N) is 2. The van der Waals surface area contributed by atoms with E-state index in [1.165, 1.54) is 0 Å². The van der Waals surface area contributed by atoms with Gasteiger partial charge in [0.2, 0.25) is 5.78 Å². The summed E-state index contributed by atoms with van der Waals surface area (Å²) in [5, 5.41) is -0.488. The van der Waals surface area contributed by atoms with Gasteiger partial charge in [0.15, 0.2) is 9.84 Å². The van der Waals surface area contributed by atoms with E-state index in [0.717, 1.165) is 0 Å². The summed E-state index contributed by atoms with van der Waals surface area (Å²) in [6, 6.07) is 15.4. The summed E-state index contributed by atoms with van der Waals surface area (Å²) in [6.07, 6.45) is 1.59. The van der Waals surface area contributed by atoms with Crippen molar-refractivity contribution in [3.8, 4) is 11.3 Å². The van der Waals surface area contributed by atoms with Crippen molar-refractivity contribution in [3.63, 3.8) is 0 Å². The Kier molecular flexibility index (Phi) is 5.19. The summed E-state index contributed by atoms with van der Waals surface area (Å²) in [7, 11) is -3.33. The number of aromatic nitrogens is 2. The Bertz CT molecular complexity index is 1070. The van der Waals surface area contributed by atoms with Crippen LogP contribution in [0.15, 0.2) is 65.7 Å². The molecule has 1 aromatic heterocycles. The summed E-state index contributed by atoms with van der Waals surface area (Å²) < 4.78 is 24.5. The maximum absolute atomic E-state index is 12.7. The first-order chi connectivity index (χ1) is 12.8. The maximum atomic E-state index is 12.7. The summed E-state index contributed by atoms with van der Waals surface area (Å²) in [4.78, 5) is 21.8. The van der Waals surface area contributed by atoms with Crippen LogP contribution in [0.1, 0.15) is 35.6 Å². The van der Waals surface area contributed by atoms with E-state index in [4.69, 9.17) is 0 Å². The minimum atomic E-state index is -3.33. The lowest BCUT2D eigenvalue weighted by atomic mass is 10.1. The monoisotopic (exact) mass is 380 g/mol. The number of hydrogen-bond donors (Lipinski definition) is 0. The lowest BCUT2D eigenvalue weighted by molar-refractivity contribution is 0.103. The minimum absolute atomic E-state index is 0.193. The van der Waals surface area contributed by atoms with Crippen molar-refractivity contribution in [2.24, 2.45) is 0 Å². The largest absolute Gasteiger partial charge is 0.287 e. The first-order valence-electron chi connectivity index (χ1n) is 8.58. The van der Waals surface area contributed by atoms with Crippen LogP contribution in [-0.2, 0) is 9.84 Å². The molecule has 0 saturated carbocycles. The molecule has 0 N–H and O–H groups in total. The molecule has 27 heavy (non-hydrogen) atoms. The number of carbonyl (C=O) groups is 1. The molecule has 0 aliphatic heterocycles. The van der Waals surface area contributed by atoms with Gasteiger partial charge in [0.05, 0.1) is 27.7 Å². The normalized spacial score (nSPS) is 11.6. The summed E-state index contributed by atoms with van der Waals surface area (Å²) in [5.74, 6) is -0.193. The molecule has 0 unspecified atom stereocenters. The molecule has 6 heteroatoms. The van der Waals surface area contributed by atoms with Gasteiger partial charge >= 0.3 is 0 Å². The van der Waals surface area contributed by atoms with Gasteiger partial charge in [-0.3, -0.25) is 9.78 Å². The van der Waals surface area contributed by atoms with E-state index in [0.29, 0.717) is 22.5 Å². The SMILES string of the molecule is Cc1ncc(-c2ccc(S(=O)(=O)C(C)C)cc2)nc1C(=O)c1ccccc1. The van der Waals surface area contributed by atoms with Gasteiger partial charge in [0.1, 0.15) is 5.69 Å². The van der Waals surface area contributed by atoms with Crippen LogP contribution in [0, 0.1) is 6.92 Å². The van der Waals surface area contributed by atoms with Crippen molar-refractivity contribution < 1.29 is 13.2 Å². The van der Waals surface area contributed by atoms with E-state index >= 15 is 0 Å². The molecule has 2 aromatic carbocycles. The molecule has 0 radical (unpaired) electrons. The zero-order chi connectivity index (χ0) is 19.6. The van der Waals surface area contributed by atoms with Crippen LogP contribution in [0.5, 0.6) is 0 Å². The molecule has 0 aliphatic rings. The second kappa shape index (κ2) is 7.40. The Morgan fingerprint density at radius 3 is 2.19 bits per heavy atom. The van der Waals surface area contributed by atoms with E-state index in [1.54, 1.807) is 75.5 Å². The van der Waals surface area contributed by atoms with Crippen LogP contribution >= 0.6 is 0 Å². The zero-order valence-electron chi connectivity index (χ0n) is 15.4. The van der Waals surface area contributed by atoms with Crippen molar-refractivity contribution in [2.45, 2.75) is 30.9 Å². The Morgan fingerprint density at radius 2 is 1.59 bits per heavy atom. The smallest absolute Gasteiger partial charge is 0.213 e. The number of carbonyl (C=O) groups excluding carboxylic acids is 1. The van der Waals surface area contributed by atoms with E-state index < -0.39 is 15.1 Å². The first-order valence-corrected chi connectivity index (χ1v) is 10.1. The highest BCUT2D eigenvalue weighted by molar-refractivity contribution is 7.92. The Morgan fingerprint density at radius 1 is 0.963 bits per heavy atom. The third-order valence-corrected chi connectivity index (χ3v) is 6.48. The molecule has 3 rings (SSSR count). The zero-order valence-corrected chi connectivity index (χ0v) is 16.2. The van der Waals surface area contributed by atoms with Crippen molar-refractivity contribution >= 4 is 15.6 Å². The lowest BCUT2D eigenvalue weighted by Gasteiger charge is -2.10. The first kappa shape index (κ1) is 18.9. The van der Waals surface area contributed by atoms with Gasteiger partial charge in [0, 0.05) is 11.1 Å². The average molecular weight is 380 g/mol. The number of rotatable bonds is 5. The predicted molar refractivity (Wildman–Crippen MR) is 104 cm³/mol. The van der Waals surface area contributed by atoms with Crippen molar-refractivity contribution in [1.29, 1.82) is 0 Å². The second-order valence-electron chi connectivity index (χ2n) is 6.50. The fraction of sp³-hybridized carbons (Fsp3) is 0.190. The van der Waals surface area contributed by atoms with Gasteiger partial charge in [0.25, 0.3) is 0 Å². The molecule has 5 nitrogen and oxygen atoms in total. The van der Waals surface area contributed by atoms with Crippen LogP contribution < -0.4 is 0 Å². The highest BCUT2D eigenvalue weighted by Gasteiger charge is 2.19.